The van der Waals surface area contributed by atoms with Crippen molar-refractivity contribution in [1.29, 1.82) is 0 Å². The molecule has 2 aliphatic rings. The highest BCUT2D eigenvalue weighted by atomic mass is 19.2. The lowest BCUT2D eigenvalue weighted by molar-refractivity contribution is 0.381. The van der Waals surface area contributed by atoms with E-state index in [1.54, 1.807) is 6.07 Å². The molecule has 0 saturated heterocycles. The fourth-order valence-corrected chi connectivity index (χ4v) is 2.84. The van der Waals surface area contributed by atoms with Crippen molar-refractivity contribution in [1.82, 2.24) is 5.32 Å². The van der Waals surface area contributed by atoms with Crippen molar-refractivity contribution in [3.8, 4) is 0 Å². The van der Waals surface area contributed by atoms with Gasteiger partial charge in [0.2, 0.25) is 0 Å². The van der Waals surface area contributed by atoms with Gasteiger partial charge in [-0.05, 0) is 61.6 Å². The minimum Gasteiger partial charge on any atom is -0.310 e. The standard InChI is InChI=1S/C15H19F2N/c1-10(11-2-5-13(16)14(17)8-11)18-9-15(6-7-15)12-3-4-12/h2,5,8,10,12,18H,3-4,6-7,9H2,1H3. The summed E-state index contributed by atoms with van der Waals surface area (Å²) in [6, 6.07) is 4.24. The summed E-state index contributed by atoms with van der Waals surface area (Å²) in [6.07, 6.45) is 5.41. The lowest BCUT2D eigenvalue weighted by atomic mass is 9.99. The van der Waals surface area contributed by atoms with E-state index in [9.17, 15) is 8.78 Å². The molecular formula is C15H19F2N. The second-order valence-electron chi connectivity index (χ2n) is 5.91. The van der Waals surface area contributed by atoms with Gasteiger partial charge in [0.15, 0.2) is 11.6 Å². The molecule has 0 amide bonds. The molecule has 3 heteroatoms. The molecule has 0 radical (unpaired) electrons. The Balaban J connectivity index is 1.60. The Hall–Kier alpha value is -0.960. The first kappa shape index (κ1) is 12.1. The molecule has 0 bridgehead atoms. The highest BCUT2D eigenvalue weighted by molar-refractivity contribution is 5.21. The zero-order valence-corrected chi connectivity index (χ0v) is 10.7. The van der Waals surface area contributed by atoms with Crippen molar-refractivity contribution in [2.24, 2.45) is 11.3 Å². The molecule has 98 valence electrons. The molecule has 0 heterocycles. The highest BCUT2D eigenvalue weighted by Crippen LogP contribution is 2.60. The third kappa shape index (κ3) is 2.28. The van der Waals surface area contributed by atoms with Gasteiger partial charge in [-0.25, -0.2) is 8.78 Å². The summed E-state index contributed by atoms with van der Waals surface area (Å²) in [5, 5.41) is 3.48. The third-order valence-electron chi connectivity index (χ3n) is 4.54. The first-order chi connectivity index (χ1) is 8.61. The number of nitrogens with one attached hydrogen (secondary N) is 1. The average Bonchev–Trinajstić information content (AvgIpc) is 3.22. The van der Waals surface area contributed by atoms with Gasteiger partial charge < -0.3 is 5.32 Å². The van der Waals surface area contributed by atoms with Crippen LogP contribution >= 0.6 is 0 Å². The van der Waals surface area contributed by atoms with Crippen LogP contribution in [0.25, 0.3) is 0 Å². The van der Waals surface area contributed by atoms with Crippen LogP contribution in [0.4, 0.5) is 8.78 Å². The molecule has 1 unspecified atom stereocenters. The van der Waals surface area contributed by atoms with Gasteiger partial charge in [-0.2, -0.15) is 0 Å². The molecule has 1 N–H and O–H groups in total. The molecule has 18 heavy (non-hydrogen) atoms. The van der Waals surface area contributed by atoms with Gasteiger partial charge in [-0.3, -0.25) is 0 Å². The molecule has 1 aromatic carbocycles. The van der Waals surface area contributed by atoms with E-state index in [1.165, 1.54) is 37.8 Å². The van der Waals surface area contributed by atoms with Crippen molar-refractivity contribution in [2.45, 2.75) is 38.6 Å². The fourth-order valence-electron chi connectivity index (χ4n) is 2.84. The predicted molar refractivity (Wildman–Crippen MR) is 67.2 cm³/mol. The van der Waals surface area contributed by atoms with E-state index in [0.29, 0.717) is 5.41 Å². The molecule has 3 rings (SSSR count). The Kier molecular flexibility index (Phi) is 2.89. The maximum absolute atomic E-state index is 13.2. The minimum absolute atomic E-state index is 0.0799. The van der Waals surface area contributed by atoms with Crippen LogP contribution < -0.4 is 5.32 Å². The summed E-state index contributed by atoms with van der Waals surface area (Å²) in [7, 11) is 0. The van der Waals surface area contributed by atoms with Crippen LogP contribution in [0.3, 0.4) is 0 Å². The molecule has 1 nitrogen and oxygen atoms in total. The van der Waals surface area contributed by atoms with E-state index >= 15 is 0 Å². The molecule has 0 aromatic heterocycles. The van der Waals surface area contributed by atoms with Gasteiger partial charge in [0, 0.05) is 12.6 Å². The average molecular weight is 251 g/mol. The van der Waals surface area contributed by atoms with Crippen LogP contribution in [0.15, 0.2) is 18.2 Å². The number of hydrogen-bond donors (Lipinski definition) is 1. The van der Waals surface area contributed by atoms with Crippen LogP contribution in [0.5, 0.6) is 0 Å². The lowest BCUT2D eigenvalue weighted by Gasteiger charge is -2.20. The van der Waals surface area contributed by atoms with Crippen molar-refractivity contribution >= 4 is 0 Å². The van der Waals surface area contributed by atoms with Crippen molar-refractivity contribution in [2.75, 3.05) is 6.54 Å². The fraction of sp³-hybridized carbons (Fsp3) is 0.600. The predicted octanol–water partition coefficient (Wildman–Crippen LogP) is 3.81. The first-order valence-corrected chi connectivity index (χ1v) is 6.79. The summed E-state index contributed by atoms with van der Waals surface area (Å²) in [6.45, 7) is 3.02. The number of hydrogen-bond acceptors (Lipinski definition) is 1. The quantitative estimate of drug-likeness (QED) is 0.839. The van der Waals surface area contributed by atoms with E-state index in [0.717, 1.165) is 18.0 Å². The summed E-state index contributed by atoms with van der Waals surface area (Å²) in [4.78, 5) is 0. The largest absolute Gasteiger partial charge is 0.310 e. The van der Waals surface area contributed by atoms with Crippen molar-refractivity contribution in [3.05, 3.63) is 35.4 Å². The molecule has 2 fully saturated rings. The zero-order valence-electron chi connectivity index (χ0n) is 10.7. The maximum atomic E-state index is 13.2. The van der Waals surface area contributed by atoms with Gasteiger partial charge in [0.1, 0.15) is 0 Å². The van der Waals surface area contributed by atoms with Gasteiger partial charge in [-0.15, -0.1) is 0 Å². The lowest BCUT2D eigenvalue weighted by Crippen LogP contribution is -2.28. The molecule has 2 aliphatic carbocycles. The molecule has 0 aliphatic heterocycles. The number of rotatable bonds is 5. The molecule has 1 atom stereocenters. The third-order valence-corrected chi connectivity index (χ3v) is 4.54. The second-order valence-corrected chi connectivity index (χ2v) is 5.91. The van der Waals surface area contributed by atoms with E-state index in [4.69, 9.17) is 0 Å². The van der Waals surface area contributed by atoms with Gasteiger partial charge >= 0.3 is 0 Å². The topological polar surface area (TPSA) is 12.0 Å². The highest BCUT2D eigenvalue weighted by Gasteiger charge is 2.53. The SMILES string of the molecule is CC(NCC1(C2CC2)CC1)c1ccc(F)c(F)c1. The molecule has 0 spiro atoms. The van der Waals surface area contributed by atoms with E-state index < -0.39 is 11.6 Å². The Labute approximate surface area is 107 Å². The molecule has 2 saturated carbocycles. The summed E-state index contributed by atoms with van der Waals surface area (Å²) in [5.41, 5.74) is 1.35. The van der Waals surface area contributed by atoms with Crippen LogP contribution in [-0.4, -0.2) is 6.54 Å². The van der Waals surface area contributed by atoms with E-state index in [-0.39, 0.29) is 6.04 Å². The van der Waals surface area contributed by atoms with Crippen LogP contribution in [0, 0.1) is 23.0 Å². The normalized spacial score (nSPS) is 22.8. The summed E-state index contributed by atoms with van der Waals surface area (Å²) < 4.78 is 26.0. The van der Waals surface area contributed by atoms with Crippen molar-refractivity contribution < 1.29 is 8.78 Å². The summed E-state index contributed by atoms with van der Waals surface area (Å²) in [5.74, 6) is -0.616. The minimum atomic E-state index is -0.775. The Morgan fingerprint density at radius 1 is 1.28 bits per heavy atom. The van der Waals surface area contributed by atoms with Gasteiger partial charge in [0.25, 0.3) is 0 Å². The first-order valence-electron chi connectivity index (χ1n) is 6.79. The van der Waals surface area contributed by atoms with Crippen LogP contribution in [0.1, 0.15) is 44.2 Å². The van der Waals surface area contributed by atoms with Crippen LogP contribution in [-0.2, 0) is 0 Å². The van der Waals surface area contributed by atoms with E-state index in [2.05, 4.69) is 5.32 Å². The van der Waals surface area contributed by atoms with Crippen molar-refractivity contribution in [3.63, 3.8) is 0 Å². The number of benzene rings is 1. The molecule has 1 aromatic rings. The second kappa shape index (κ2) is 4.30. The van der Waals surface area contributed by atoms with Gasteiger partial charge in [0.05, 0.1) is 0 Å². The Morgan fingerprint density at radius 3 is 2.56 bits per heavy atom. The Bertz CT molecular complexity index is 450. The van der Waals surface area contributed by atoms with Crippen LogP contribution in [0.2, 0.25) is 0 Å². The van der Waals surface area contributed by atoms with E-state index in [1.807, 2.05) is 6.92 Å². The maximum Gasteiger partial charge on any atom is 0.159 e. The molecular weight excluding hydrogens is 232 g/mol. The smallest absolute Gasteiger partial charge is 0.159 e. The monoisotopic (exact) mass is 251 g/mol. The Morgan fingerprint density at radius 2 is 2.00 bits per heavy atom. The summed E-state index contributed by atoms with van der Waals surface area (Å²) >= 11 is 0. The number of halogens is 2. The zero-order chi connectivity index (χ0) is 12.8. The van der Waals surface area contributed by atoms with Gasteiger partial charge in [-0.1, -0.05) is 6.07 Å².